The van der Waals surface area contributed by atoms with Gasteiger partial charge < -0.3 is 15.6 Å². The maximum absolute atomic E-state index is 11.3. The Balaban J connectivity index is 2.12. The van der Waals surface area contributed by atoms with Crippen LogP contribution in [-0.2, 0) is 11.2 Å². The van der Waals surface area contributed by atoms with Crippen molar-refractivity contribution in [3.63, 3.8) is 0 Å². The van der Waals surface area contributed by atoms with Gasteiger partial charge in [0.15, 0.2) is 6.33 Å². The first kappa shape index (κ1) is 11.6. The van der Waals surface area contributed by atoms with Crippen LogP contribution in [0, 0.1) is 5.92 Å². The van der Waals surface area contributed by atoms with Crippen LogP contribution in [0.1, 0.15) is 19.2 Å². The average molecular weight is 212 g/mol. The molecule has 1 aromatic rings. The fourth-order valence-corrected chi connectivity index (χ4v) is 1.09. The van der Waals surface area contributed by atoms with Gasteiger partial charge in [-0.2, -0.15) is 4.98 Å². The van der Waals surface area contributed by atoms with Gasteiger partial charge in [-0.05, 0) is 12.5 Å². The smallest absolute Gasteiger partial charge is 0.228 e. The molecular weight excluding hydrogens is 196 g/mol. The number of nitrogens with one attached hydrogen (secondary N) is 1. The second-order valence-electron chi connectivity index (χ2n) is 3.48. The molecule has 1 aromatic heterocycles. The van der Waals surface area contributed by atoms with E-state index in [2.05, 4.69) is 15.5 Å². The molecule has 0 aromatic carbocycles. The van der Waals surface area contributed by atoms with Gasteiger partial charge in [0.2, 0.25) is 11.8 Å². The van der Waals surface area contributed by atoms with Crippen molar-refractivity contribution in [2.45, 2.75) is 19.8 Å². The van der Waals surface area contributed by atoms with E-state index in [1.165, 1.54) is 6.33 Å². The van der Waals surface area contributed by atoms with Crippen LogP contribution >= 0.6 is 0 Å². The van der Waals surface area contributed by atoms with Crippen molar-refractivity contribution in [1.29, 1.82) is 0 Å². The molecule has 1 amide bonds. The highest BCUT2D eigenvalue weighted by molar-refractivity contribution is 5.76. The first-order valence-electron chi connectivity index (χ1n) is 4.94. The molecule has 1 rings (SSSR count). The van der Waals surface area contributed by atoms with E-state index in [0.717, 1.165) is 0 Å². The van der Waals surface area contributed by atoms with Crippen molar-refractivity contribution in [3.05, 3.63) is 12.2 Å². The van der Waals surface area contributed by atoms with E-state index in [1.54, 1.807) is 0 Å². The van der Waals surface area contributed by atoms with E-state index < -0.39 is 0 Å². The molecule has 6 nitrogen and oxygen atoms in total. The minimum absolute atomic E-state index is 0.00691. The Morgan fingerprint density at radius 1 is 1.73 bits per heavy atom. The third kappa shape index (κ3) is 4.55. The van der Waals surface area contributed by atoms with Crippen LogP contribution in [0.4, 0.5) is 0 Å². The van der Waals surface area contributed by atoms with E-state index in [4.69, 9.17) is 10.3 Å². The molecule has 0 saturated heterocycles. The molecule has 0 aliphatic heterocycles. The van der Waals surface area contributed by atoms with Crippen molar-refractivity contribution < 1.29 is 9.32 Å². The summed E-state index contributed by atoms with van der Waals surface area (Å²) in [7, 11) is 0. The first-order chi connectivity index (χ1) is 7.22. The predicted molar refractivity (Wildman–Crippen MR) is 53.8 cm³/mol. The summed E-state index contributed by atoms with van der Waals surface area (Å²) in [5, 5.41) is 6.23. The fraction of sp³-hybridized carbons (Fsp3) is 0.667. The molecule has 15 heavy (non-hydrogen) atoms. The van der Waals surface area contributed by atoms with Gasteiger partial charge in [-0.25, -0.2) is 0 Å². The highest BCUT2D eigenvalue weighted by atomic mass is 16.5. The number of aromatic nitrogens is 2. The first-order valence-corrected chi connectivity index (χ1v) is 4.94. The summed E-state index contributed by atoms with van der Waals surface area (Å²) in [6, 6.07) is 0. The van der Waals surface area contributed by atoms with Crippen molar-refractivity contribution >= 4 is 5.91 Å². The fourth-order valence-electron chi connectivity index (χ4n) is 1.09. The summed E-state index contributed by atoms with van der Waals surface area (Å²) >= 11 is 0. The van der Waals surface area contributed by atoms with Crippen LogP contribution < -0.4 is 11.1 Å². The topological polar surface area (TPSA) is 94.0 Å². The van der Waals surface area contributed by atoms with Crippen molar-refractivity contribution in [3.8, 4) is 0 Å². The van der Waals surface area contributed by atoms with Crippen LogP contribution in [-0.4, -0.2) is 29.1 Å². The molecule has 1 unspecified atom stereocenters. The van der Waals surface area contributed by atoms with E-state index in [1.807, 2.05) is 6.92 Å². The summed E-state index contributed by atoms with van der Waals surface area (Å²) in [5.41, 5.74) is 5.41. The Bertz CT molecular complexity index is 286. The zero-order valence-electron chi connectivity index (χ0n) is 8.77. The molecule has 0 bridgehead atoms. The molecule has 0 aliphatic rings. The third-order valence-corrected chi connectivity index (χ3v) is 2.00. The monoisotopic (exact) mass is 212 g/mol. The Labute approximate surface area is 88.2 Å². The number of nitrogens with zero attached hydrogens (tertiary/aromatic N) is 2. The zero-order valence-corrected chi connectivity index (χ0v) is 8.77. The maximum atomic E-state index is 11.3. The number of hydrogen-bond donors (Lipinski definition) is 2. The minimum Gasteiger partial charge on any atom is -0.356 e. The van der Waals surface area contributed by atoms with Gasteiger partial charge in [0.05, 0.1) is 0 Å². The molecule has 1 heterocycles. The molecule has 0 spiro atoms. The number of hydrogen-bond acceptors (Lipinski definition) is 5. The lowest BCUT2D eigenvalue weighted by atomic mass is 10.1. The molecule has 0 saturated carbocycles. The van der Waals surface area contributed by atoms with Crippen molar-refractivity contribution in [1.82, 2.24) is 15.5 Å². The number of nitrogens with two attached hydrogens (primary N) is 1. The maximum Gasteiger partial charge on any atom is 0.228 e. The molecule has 0 fully saturated rings. The standard InChI is InChI=1S/C9H16N4O2/c1-7(5-10)4-8(14)11-3-2-9-12-6-13-15-9/h6-7H,2-5,10H2,1H3,(H,11,14). The molecule has 0 aliphatic carbocycles. The largest absolute Gasteiger partial charge is 0.356 e. The third-order valence-electron chi connectivity index (χ3n) is 2.00. The Morgan fingerprint density at radius 3 is 3.13 bits per heavy atom. The molecule has 84 valence electrons. The number of carbonyl (C=O) groups is 1. The Kier molecular flexibility index (Phi) is 4.76. The van der Waals surface area contributed by atoms with Gasteiger partial charge in [0, 0.05) is 19.4 Å². The normalized spacial score (nSPS) is 12.4. The summed E-state index contributed by atoms with van der Waals surface area (Å²) in [6.07, 6.45) is 2.36. The molecule has 6 heteroatoms. The minimum atomic E-state index is 0.00691. The summed E-state index contributed by atoms with van der Waals surface area (Å²) in [4.78, 5) is 15.1. The lowest BCUT2D eigenvalue weighted by Crippen LogP contribution is -2.28. The molecule has 0 radical (unpaired) electrons. The highest BCUT2D eigenvalue weighted by Gasteiger charge is 2.07. The second kappa shape index (κ2) is 6.13. The van der Waals surface area contributed by atoms with E-state index in [9.17, 15) is 4.79 Å². The van der Waals surface area contributed by atoms with E-state index in [0.29, 0.717) is 31.8 Å². The summed E-state index contributed by atoms with van der Waals surface area (Å²) in [5.74, 6) is 0.753. The highest BCUT2D eigenvalue weighted by Crippen LogP contribution is 1.98. The van der Waals surface area contributed by atoms with E-state index in [-0.39, 0.29) is 11.8 Å². The van der Waals surface area contributed by atoms with E-state index >= 15 is 0 Å². The van der Waals surface area contributed by atoms with Gasteiger partial charge in [0.25, 0.3) is 0 Å². The SMILES string of the molecule is CC(CN)CC(=O)NCCc1ncno1. The second-order valence-corrected chi connectivity index (χ2v) is 3.48. The zero-order chi connectivity index (χ0) is 11.1. The van der Waals surface area contributed by atoms with Crippen LogP contribution in [0.3, 0.4) is 0 Å². The molecular formula is C9H16N4O2. The van der Waals surface area contributed by atoms with Crippen LogP contribution in [0.15, 0.2) is 10.9 Å². The lowest BCUT2D eigenvalue weighted by Gasteiger charge is -2.07. The number of amides is 1. The number of carbonyl (C=O) groups excluding carboxylic acids is 1. The average Bonchev–Trinajstić information content (AvgIpc) is 2.70. The molecule has 3 N–H and O–H groups in total. The summed E-state index contributed by atoms with van der Waals surface area (Å²) < 4.78 is 4.79. The van der Waals surface area contributed by atoms with Crippen LogP contribution in [0.25, 0.3) is 0 Å². The van der Waals surface area contributed by atoms with Crippen LogP contribution in [0.2, 0.25) is 0 Å². The van der Waals surface area contributed by atoms with Crippen LogP contribution in [0.5, 0.6) is 0 Å². The quantitative estimate of drug-likeness (QED) is 0.676. The van der Waals surface area contributed by atoms with Gasteiger partial charge in [-0.3, -0.25) is 4.79 Å². The van der Waals surface area contributed by atoms with Crippen molar-refractivity contribution in [2.24, 2.45) is 11.7 Å². The van der Waals surface area contributed by atoms with Gasteiger partial charge >= 0.3 is 0 Å². The number of rotatable bonds is 6. The van der Waals surface area contributed by atoms with Gasteiger partial charge in [-0.15, -0.1) is 0 Å². The Morgan fingerprint density at radius 2 is 2.53 bits per heavy atom. The van der Waals surface area contributed by atoms with Gasteiger partial charge in [0.1, 0.15) is 0 Å². The predicted octanol–water partition coefficient (Wildman–Crippen LogP) is -0.287. The van der Waals surface area contributed by atoms with Crippen molar-refractivity contribution in [2.75, 3.05) is 13.1 Å². The van der Waals surface area contributed by atoms with Gasteiger partial charge in [-0.1, -0.05) is 12.1 Å². The Hall–Kier alpha value is -1.43. The molecule has 1 atom stereocenters. The lowest BCUT2D eigenvalue weighted by molar-refractivity contribution is -0.121. The summed E-state index contributed by atoms with van der Waals surface area (Å²) in [6.45, 7) is 2.98.